The number of primary amides is 1. The number of fused-ring (bicyclic) bond motifs is 1. The van der Waals surface area contributed by atoms with Crippen LogP contribution in [-0.4, -0.2) is 40.9 Å². The van der Waals surface area contributed by atoms with Crippen LogP contribution >= 0.6 is 0 Å². The van der Waals surface area contributed by atoms with E-state index < -0.39 is 5.91 Å². The number of carbonyl (C=O) groups excluding carboxylic acids is 2. The van der Waals surface area contributed by atoms with E-state index in [9.17, 15) is 14.4 Å². The predicted molar refractivity (Wildman–Crippen MR) is 99.3 cm³/mol. The first-order valence-corrected chi connectivity index (χ1v) is 8.32. The zero-order valence-corrected chi connectivity index (χ0v) is 15.6. The molecule has 0 saturated heterocycles. The molecule has 0 aliphatic carbocycles. The fraction of sp³-hybridized carbons (Fsp3) is 0.375. The summed E-state index contributed by atoms with van der Waals surface area (Å²) in [5.74, 6) is -0.0762. The van der Waals surface area contributed by atoms with Gasteiger partial charge in [0.1, 0.15) is 5.82 Å². The molecule has 0 atom stereocenters. The number of rotatable bonds is 4. The molecule has 27 heavy (non-hydrogen) atoms. The molecule has 0 unspecified atom stereocenters. The van der Waals surface area contributed by atoms with Crippen molar-refractivity contribution < 1.29 is 9.59 Å². The number of nitrogens with one attached hydrogen (secondary N) is 2. The lowest BCUT2D eigenvalue weighted by Crippen LogP contribution is -2.19. The zero-order valence-electron chi connectivity index (χ0n) is 15.6. The van der Waals surface area contributed by atoms with Gasteiger partial charge < -0.3 is 25.2 Å². The molecule has 2 amide bonds. The number of H-pyrrole nitrogens is 1. The Balaban J connectivity index is 0.000000194. The quantitative estimate of drug-likeness (QED) is 0.601. The van der Waals surface area contributed by atoms with Crippen LogP contribution in [0.15, 0.2) is 17.4 Å². The summed E-state index contributed by atoms with van der Waals surface area (Å²) in [4.78, 5) is 48.0. The molecule has 0 aliphatic rings. The molecule has 0 fully saturated rings. The first-order valence-electron chi connectivity index (χ1n) is 8.32. The molecule has 0 bridgehead atoms. The SMILES string of the molecule is CCn1cnc(NC(C)=O)c1C(N)=O.CCn1cnc2nc(C)[nH]c(=O)c21. The first kappa shape index (κ1) is 19.8. The van der Waals surface area contributed by atoms with E-state index in [1.807, 2.05) is 13.8 Å². The van der Waals surface area contributed by atoms with Gasteiger partial charge in [0.15, 0.2) is 22.7 Å². The Kier molecular flexibility index (Phi) is 6.06. The molecular weight excluding hydrogens is 352 g/mol. The van der Waals surface area contributed by atoms with E-state index in [1.54, 1.807) is 22.4 Å². The van der Waals surface area contributed by atoms with Crippen molar-refractivity contribution in [2.75, 3.05) is 5.32 Å². The van der Waals surface area contributed by atoms with E-state index in [-0.39, 0.29) is 23.0 Å². The van der Waals surface area contributed by atoms with Crippen molar-refractivity contribution in [1.82, 2.24) is 29.1 Å². The monoisotopic (exact) mass is 374 g/mol. The number of amides is 2. The number of hydrogen-bond donors (Lipinski definition) is 3. The number of imidazole rings is 2. The first-order chi connectivity index (χ1) is 12.8. The van der Waals surface area contributed by atoms with Crippen LogP contribution in [0.3, 0.4) is 0 Å². The Morgan fingerprint density at radius 2 is 1.81 bits per heavy atom. The Morgan fingerprint density at radius 1 is 1.19 bits per heavy atom. The fourth-order valence-electron chi connectivity index (χ4n) is 2.47. The molecule has 4 N–H and O–H groups in total. The van der Waals surface area contributed by atoms with Crippen LogP contribution in [0.4, 0.5) is 5.82 Å². The molecule has 0 radical (unpaired) electrons. The highest BCUT2D eigenvalue weighted by Crippen LogP contribution is 2.12. The van der Waals surface area contributed by atoms with Crippen LogP contribution in [0, 0.1) is 6.92 Å². The number of aromatic amines is 1. The van der Waals surface area contributed by atoms with Gasteiger partial charge in [-0.05, 0) is 20.8 Å². The fourth-order valence-corrected chi connectivity index (χ4v) is 2.47. The summed E-state index contributed by atoms with van der Waals surface area (Å²) >= 11 is 0. The lowest BCUT2D eigenvalue weighted by atomic mass is 10.4. The van der Waals surface area contributed by atoms with Gasteiger partial charge in [-0.15, -0.1) is 0 Å². The third-order valence-corrected chi connectivity index (χ3v) is 3.65. The minimum Gasteiger partial charge on any atom is -0.364 e. The third-order valence-electron chi connectivity index (χ3n) is 3.65. The highest BCUT2D eigenvalue weighted by atomic mass is 16.2. The molecule has 144 valence electrons. The van der Waals surface area contributed by atoms with Crippen LogP contribution in [0.25, 0.3) is 11.2 Å². The Hall–Kier alpha value is -3.50. The molecule has 3 rings (SSSR count). The van der Waals surface area contributed by atoms with Crippen molar-refractivity contribution >= 4 is 28.8 Å². The predicted octanol–water partition coefficient (Wildman–Crippen LogP) is 0.408. The average Bonchev–Trinajstić information content (AvgIpc) is 3.18. The molecule has 0 aromatic carbocycles. The minimum absolute atomic E-state index is 0.123. The van der Waals surface area contributed by atoms with Gasteiger partial charge in [0, 0.05) is 20.0 Å². The zero-order chi connectivity index (χ0) is 20.1. The summed E-state index contributed by atoms with van der Waals surface area (Å²) in [6.07, 6.45) is 3.09. The van der Waals surface area contributed by atoms with E-state index in [0.717, 1.165) is 6.54 Å². The van der Waals surface area contributed by atoms with Crippen molar-refractivity contribution in [3.63, 3.8) is 0 Å². The van der Waals surface area contributed by atoms with E-state index in [1.165, 1.54) is 13.3 Å². The standard InChI is InChI=1S/C8H12N4O2.C8H10N4O/c1-3-12-4-10-8(11-5(2)13)6(12)7(9)14;1-3-12-4-9-7-6(12)8(13)11-5(2)10-7/h4H,3H2,1-2H3,(H2,9,14)(H,11,13);4H,3H2,1-2H3,(H,10,11,13). The summed E-state index contributed by atoms with van der Waals surface area (Å²) < 4.78 is 3.36. The maximum atomic E-state index is 11.5. The molecule has 0 spiro atoms. The number of hydrogen-bond acceptors (Lipinski definition) is 6. The van der Waals surface area contributed by atoms with Crippen LogP contribution in [0.1, 0.15) is 37.1 Å². The normalized spacial score (nSPS) is 10.4. The van der Waals surface area contributed by atoms with Crippen LogP contribution in [0.5, 0.6) is 0 Å². The van der Waals surface area contributed by atoms with E-state index in [0.29, 0.717) is 23.5 Å². The Morgan fingerprint density at radius 3 is 2.37 bits per heavy atom. The van der Waals surface area contributed by atoms with Gasteiger partial charge in [0.2, 0.25) is 5.91 Å². The topological polar surface area (TPSA) is 154 Å². The molecule has 3 aromatic heterocycles. The van der Waals surface area contributed by atoms with Crippen LogP contribution in [-0.2, 0) is 17.9 Å². The Bertz CT molecular complexity index is 1030. The molecule has 3 aromatic rings. The summed E-state index contributed by atoms with van der Waals surface area (Å²) in [6, 6.07) is 0. The van der Waals surface area contributed by atoms with Gasteiger partial charge in [-0.3, -0.25) is 14.4 Å². The van der Waals surface area contributed by atoms with Gasteiger partial charge >= 0.3 is 0 Å². The van der Waals surface area contributed by atoms with E-state index in [4.69, 9.17) is 5.73 Å². The Labute approximate surface area is 154 Å². The van der Waals surface area contributed by atoms with Crippen molar-refractivity contribution in [1.29, 1.82) is 0 Å². The van der Waals surface area contributed by atoms with E-state index >= 15 is 0 Å². The van der Waals surface area contributed by atoms with Gasteiger partial charge in [0.25, 0.3) is 11.5 Å². The summed E-state index contributed by atoms with van der Waals surface area (Å²) in [5.41, 5.74) is 6.33. The highest BCUT2D eigenvalue weighted by molar-refractivity contribution is 6.00. The lowest BCUT2D eigenvalue weighted by Gasteiger charge is -2.03. The van der Waals surface area contributed by atoms with Crippen LogP contribution < -0.4 is 16.6 Å². The smallest absolute Gasteiger partial charge is 0.277 e. The number of carbonyl (C=O) groups is 2. The molecule has 11 nitrogen and oxygen atoms in total. The lowest BCUT2D eigenvalue weighted by molar-refractivity contribution is -0.114. The van der Waals surface area contributed by atoms with Gasteiger partial charge in [-0.25, -0.2) is 15.0 Å². The second-order valence-electron chi connectivity index (χ2n) is 5.63. The number of anilines is 1. The number of nitrogens with zero attached hydrogens (tertiary/aromatic N) is 5. The summed E-state index contributed by atoms with van der Waals surface area (Å²) in [7, 11) is 0. The van der Waals surface area contributed by atoms with E-state index in [2.05, 4.69) is 25.3 Å². The average molecular weight is 374 g/mol. The highest BCUT2D eigenvalue weighted by Gasteiger charge is 2.15. The third kappa shape index (κ3) is 4.37. The van der Waals surface area contributed by atoms with Gasteiger partial charge in [-0.1, -0.05) is 0 Å². The minimum atomic E-state index is -0.604. The van der Waals surface area contributed by atoms with Crippen molar-refractivity contribution in [3.8, 4) is 0 Å². The largest absolute Gasteiger partial charge is 0.364 e. The molecule has 0 saturated carbocycles. The number of aromatic nitrogens is 6. The van der Waals surface area contributed by atoms with Gasteiger partial charge in [-0.2, -0.15) is 0 Å². The second kappa shape index (κ2) is 8.25. The van der Waals surface area contributed by atoms with Crippen LogP contribution in [0.2, 0.25) is 0 Å². The molecule has 0 aliphatic heterocycles. The van der Waals surface area contributed by atoms with Crippen molar-refractivity contribution in [3.05, 3.63) is 34.5 Å². The maximum Gasteiger partial charge on any atom is 0.277 e. The second-order valence-corrected chi connectivity index (χ2v) is 5.63. The molecular formula is C16H22N8O3. The molecule has 3 heterocycles. The molecule has 11 heteroatoms. The number of nitrogens with two attached hydrogens (primary N) is 1. The summed E-state index contributed by atoms with van der Waals surface area (Å²) in [5, 5.41) is 2.44. The maximum absolute atomic E-state index is 11.5. The van der Waals surface area contributed by atoms with Crippen molar-refractivity contribution in [2.45, 2.75) is 40.8 Å². The summed E-state index contributed by atoms with van der Waals surface area (Å²) in [6.45, 7) is 8.20. The number of aryl methyl sites for hydroxylation is 3. The van der Waals surface area contributed by atoms with Crippen molar-refractivity contribution in [2.24, 2.45) is 5.73 Å². The van der Waals surface area contributed by atoms with Gasteiger partial charge in [0.05, 0.1) is 12.7 Å².